The van der Waals surface area contributed by atoms with Crippen LogP contribution in [0.2, 0.25) is 5.02 Å². The monoisotopic (exact) mass is 276 g/mol. The van der Waals surface area contributed by atoms with Gasteiger partial charge in [-0.2, -0.15) is 0 Å². The average molecular weight is 277 g/mol. The summed E-state index contributed by atoms with van der Waals surface area (Å²) in [5.41, 5.74) is 7.60. The lowest BCUT2D eigenvalue weighted by atomic mass is 10.1. The van der Waals surface area contributed by atoms with Crippen molar-refractivity contribution in [2.24, 2.45) is 0 Å². The summed E-state index contributed by atoms with van der Waals surface area (Å²) >= 11 is 6.02. The first-order valence-corrected chi connectivity index (χ1v) is 6.11. The standard InChI is InChI=1S/C14H13ClN2O2/c15-13-8-4-7-11(14(18)19)12(13)9-16-17-10-5-2-1-3-6-10/h1-8,16-17H,9H2,(H,18,19). The Bertz CT molecular complexity index is 573. The van der Waals surface area contributed by atoms with Crippen molar-refractivity contribution < 1.29 is 9.90 Å². The van der Waals surface area contributed by atoms with Crippen LogP contribution >= 0.6 is 11.6 Å². The highest BCUT2D eigenvalue weighted by Crippen LogP contribution is 2.20. The van der Waals surface area contributed by atoms with Crippen LogP contribution in [0.25, 0.3) is 0 Å². The van der Waals surface area contributed by atoms with Crippen molar-refractivity contribution in [3.05, 3.63) is 64.7 Å². The number of hydrogen-bond donors (Lipinski definition) is 3. The second-order valence-electron chi connectivity index (χ2n) is 3.92. The Labute approximate surface area is 116 Å². The summed E-state index contributed by atoms with van der Waals surface area (Å²) in [7, 11) is 0. The predicted octanol–water partition coefficient (Wildman–Crippen LogP) is 3.15. The maximum absolute atomic E-state index is 11.1. The Morgan fingerprint density at radius 1 is 1.11 bits per heavy atom. The van der Waals surface area contributed by atoms with Gasteiger partial charge in [-0.25, -0.2) is 10.2 Å². The molecule has 0 aliphatic carbocycles. The molecule has 0 unspecified atom stereocenters. The fourth-order valence-electron chi connectivity index (χ4n) is 1.69. The number of hydrazine groups is 1. The van der Waals surface area contributed by atoms with Crippen LogP contribution in [0.3, 0.4) is 0 Å². The SMILES string of the molecule is O=C(O)c1cccc(Cl)c1CNNc1ccccc1. The maximum Gasteiger partial charge on any atom is 0.336 e. The van der Waals surface area contributed by atoms with E-state index in [9.17, 15) is 4.79 Å². The van der Waals surface area contributed by atoms with E-state index in [-0.39, 0.29) is 5.56 Å². The largest absolute Gasteiger partial charge is 0.478 e. The first-order chi connectivity index (χ1) is 9.18. The number of anilines is 1. The third-order valence-electron chi connectivity index (χ3n) is 2.62. The number of rotatable bonds is 5. The topological polar surface area (TPSA) is 61.4 Å². The molecule has 0 saturated heterocycles. The van der Waals surface area contributed by atoms with Gasteiger partial charge >= 0.3 is 5.97 Å². The van der Waals surface area contributed by atoms with Crippen LogP contribution in [0.4, 0.5) is 5.69 Å². The highest BCUT2D eigenvalue weighted by Gasteiger charge is 2.12. The Balaban J connectivity index is 2.05. The Morgan fingerprint density at radius 3 is 2.53 bits per heavy atom. The lowest BCUT2D eigenvalue weighted by molar-refractivity contribution is 0.0695. The lowest BCUT2D eigenvalue weighted by Gasteiger charge is -2.11. The van der Waals surface area contributed by atoms with Crippen molar-refractivity contribution in [1.29, 1.82) is 0 Å². The van der Waals surface area contributed by atoms with E-state index in [1.54, 1.807) is 12.1 Å². The van der Waals surface area contributed by atoms with Crippen molar-refractivity contribution in [3.8, 4) is 0 Å². The van der Waals surface area contributed by atoms with Gasteiger partial charge in [0.05, 0.1) is 5.56 Å². The average Bonchev–Trinajstić information content (AvgIpc) is 2.41. The van der Waals surface area contributed by atoms with Crippen LogP contribution in [0.5, 0.6) is 0 Å². The first kappa shape index (κ1) is 13.4. The highest BCUT2D eigenvalue weighted by atomic mass is 35.5. The molecular formula is C14H13ClN2O2. The minimum Gasteiger partial charge on any atom is -0.478 e. The molecule has 0 aromatic heterocycles. The molecular weight excluding hydrogens is 264 g/mol. The van der Waals surface area contributed by atoms with Gasteiger partial charge in [0.1, 0.15) is 0 Å². The third-order valence-corrected chi connectivity index (χ3v) is 2.98. The lowest BCUT2D eigenvalue weighted by Crippen LogP contribution is -2.22. The van der Waals surface area contributed by atoms with Crippen molar-refractivity contribution in [2.75, 3.05) is 5.43 Å². The van der Waals surface area contributed by atoms with E-state index >= 15 is 0 Å². The van der Waals surface area contributed by atoms with Crippen molar-refractivity contribution in [1.82, 2.24) is 5.43 Å². The minimum atomic E-state index is -0.987. The number of aromatic carboxylic acids is 1. The normalized spacial score (nSPS) is 10.2. The maximum atomic E-state index is 11.1. The number of benzene rings is 2. The molecule has 0 atom stereocenters. The second kappa shape index (κ2) is 6.22. The van der Waals surface area contributed by atoms with E-state index in [2.05, 4.69) is 10.9 Å². The van der Waals surface area contributed by atoms with Crippen molar-refractivity contribution >= 4 is 23.3 Å². The minimum absolute atomic E-state index is 0.204. The molecule has 5 heteroatoms. The smallest absolute Gasteiger partial charge is 0.336 e. The van der Waals surface area contributed by atoms with E-state index < -0.39 is 5.97 Å². The van der Waals surface area contributed by atoms with Crippen LogP contribution in [0, 0.1) is 0 Å². The fraction of sp³-hybridized carbons (Fsp3) is 0.0714. The zero-order valence-electron chi connectivity index (χ0n) is 10.1. The quantitative estimate of drug-likeness (QED) is 0.734. The molecule has 98 valence electrons. The summed E-state index contributed by atoms with van der Waals surface area (Å²) in [4.78, 5) is 11.1. The summed E-state index contributed by atoms with van der Waals surface area (Å²) < 4.78 is 0. The van der Waals surface area contributed by atoms with Crippen LogP contribution in [-0.2, 0) is 6.54 Å². The molecule has 0 heterocycles. The number of carboxylic acids is 1. The van der Waals surface area contributed by atoms with E-state index in [1.165, 1.54) is 6.07 Å². The third kappa shape index (κ3) is 3.47. The summed E-state index contributed by atoms with van der Waals surface area (Å²) in [6.45, 7) is 0.316. The Morgan fingerprint density at radius 2 is 1.84 bits per heavy atom. The number of carbonyl (C=O) groups is 1. The Hall–Kier alpha value is -2.04. The van der Waals surface area contributed by atoms with Gasteiger partial charge in [0.15, 0.2) is 0 Å². The molecule has 2 aromatic carbocycles. The van der Waals surface area contributed by atoms with Crippen LogP contribution in [0.15, 0.2) is 48.5 Å². The van der Waals surface area contributed by atoms with Gasteiger partial charge in [-0.15, -0.1) is 0 Å². The van der Waals surface area contributed by atoms with Gasteiger partial charge in [0.2, 0.25) is 0 Å². The zero-order chi connectivity index (χ0) is 13.7. The van der Waals surface area contributed by atoms with Crippen LogP contribution < -0.4 is 10.9 Å². The number of carboxylic acid groups (broad SMARTS) is 1. The molecule has 2 aromatic rings. The number of halogens is 1. The number of para-hydroxylation sites is 1. The van der Waals surface area contributed by atoms with Gasteiger partial charge in [0, 0.05) is 22.8 Å². The summed E-state index contributed by atoms with van der Waals surface area (Å²) in [5, 5.41) is 9.53. The Kier molecular flexibility index (Phi) is 4.39. The first-order valence-electron chi connectivity index (χ1n) is 5.73. The summed E-state index contributed by atoms with van der Waals surface area (Å²) in [6, 6.07) is 14.4. The molecule has 0 spiro atoms. The van der Waals surface area contributed by atoms with Crippen molar-refractivity contribution in [2.45, 2.75) is 6.54 Å². The second-order valence-corrected chi connectivity index (χ2v) is 4.32. The molecule has 0 amide bonds. The number of hydrogen-bond acceptors (Lipinski definition) is 3. The van der Waals surface area contributed by atoms with E-state index in [0.717, 1.165) is 5.69 Å². The van der Waals surface area contributed by atoms with E-state index in [1.807, 2.05) is 30.3 Å². The van der Waals surface area contributed by atoms with Crippen LogP contribution in [-0.4, -0.2) is 11.1 Å². The van der Waals surface area contributed by atoms with Crippen molar-refractivity contribution in [3.63, 3.8) is 0 Å². The molecule has 0 saturated carbocycles. The fourth-order valence-corrected chi connectivity index (χ4v) is 1.94. The molecule has 0 radical (unpaired) electrons. The molecule has 2 rings (SSSR count). The molecule has 0 bridgehead atoms. The van der Waals surface area contributed by atoms with E-state index in [0.29, 0.717) is 17.1 Å². The molecule has 0 aliphatic heterocycles. The molecule has 4 nitrogen and oxygen atoms in total. The van der Waals surface area contributed by atoms with Gasteiger partial charge in [-0.3, -0.25) is 0 Å². The summed E-state index contributed by atoms with van der Waals surface area (Å²) in [5.74, 6) is -0.987. The van der Waals surface area contributed by atoms with Gasteiger partial charge in [-0.1, -0.05) is 35.9 Å². The zero-order valence-corrected chi connectivity index (χ0v) is 10.8. The number of nitrogens with one attached hydrogen (secondary N) is 2. The predicted molar refractivity (Wildman–Crippen MR) is 75.3 cm³/mol. The van der Waals surface area contributed by atoms with Gasteiger partial charge < -0.3 is 10.5 Å². The molecule has 0 fully saturated rings. The molecule has 0 aliphatic rings. The molecule has 3 N–H and O–H groups in total. The van der Waals surface area contributed by atoms with Gasteiger partial charge in [-0.05, 0) is 24.3 Å². The molecule has 19 heavy (non-hydrogen) atoms. The highest BCUT2D eigenvalue weighted by molar-refractivity contribution is 6.31. The van der Waals surface area contributed by atoms with Crippen LogP contribution in [0.1, 0.15) is 15.9 Å². The van der Waals surface area contributed by atoms with Gasteiger partial charge in [0.25, 0.3) is 0 Å². The summed E-state index contributed by atoms with van der Waals surface area (Å²) in [6.07, 6.45) is 0. The van der Waals surface area contributed by atoms with E-state index in [4.69, 9.17) is 16.7 Å².